The molecule has 1 unspecified atom stereocenters. The van der Waals surface area contributed by atoms with Gasteiger partial charge in [0.25, 0.3) is 0 Å². The summed E-state index contributed by atoms with van der Waals surface area (Å²) in [5, 5.41) is 15.8. The van der Waals surface area contributed by atoms with Crippen LogP contribution in [0.3, 0.4) is 0 Å². The molecule has 1 aliphatic heterocycles. The molecule has 0 aromatic heterocycles. The lowest BCUT2D eigenvalue weighted by molar-refractivity contribution is -0.121. The third-order valence-corrected chi connectivity index (χ3v) is 5.62. The van der Waals surface area contributed by atoms with Gasteiger partial charge in [0.15, 0.2) is 0 Å². The molecule has 0 saturated carbocycles. The number of amides is 2. The van der Waals surface area contributed by atoms with Crippen molar-refractivity contribution in [1.82, 2.24) is 10.6 Å². The number of carbonyl (C=O) groups excluding carboxylic acids is 2. The molecule has 2 N–H and O–H groups in total. The Morgan fingerprint density at radius 1 is 1.21 bits per heavy atom. The Hall–Kier alpha value is -3.04. The van der Waals surface area contributed by atoms with E-state index in [2.05, 4.69) is 16.7 Å². The molecule has 0 fully saturated rings. The summed E-state index contributed by atoms with van der Waals surface area (Å²) in [7, 11) is 0. The van der Waals surface area contributed by atoms with Crippen LogP contribution in [0.5, 0.6) is 0 Å². The fourth-order valence-corrected chi connectivity index (χ4v) is 4.07. The summed E-state index contributed by atoms with van der Waals surface area (Å²) in [5.41, 5.74) is 3.54. The molecule has 0 spiro atoms. The molecule has 0 radical (unpaired) electrons. The number of hydrogen-bond donors (Lipinski definition) is 2. The Balaban J connectivity index is 1.70. The van der Waals surface area contributed by atoms with Gasteiger partial charge in [-0.3, -0.25) is 9.59 Å². The van der Waals surface area contributed by atoms with Crippen molar-refractivity contribution in [3.05, 3.63) is 81.9 Å². The number of rotatable bonds is 6. The van der Waals surface area contributed by atoms with Gasteiger partial charge in [-0.25, -0.2) is 0 Å². The molecule has 28 heavy (non-hydrogen) atoms. The van der Waals surface area contributed by atoms with Gasteiger partial charge in [-0.15, -0.1) is 0 Å². The van der Waals surface area contributed by atoms with Crippen molar-refractivity contribution in [2.24, 2.45) is 0 Å². The number of nitriles is 1. The second kappa shape index (κ2) is 9.25. The van der Waals surface area contributed by atoms with Crippen LogP contribution in [0.25, 0.3) is 0 Å². The molecule has 2 aromatic rings. The highest BCUT2D eigenvalue weighted by atomic mass is 32.2. The van der Waals surface area contributed by atoms with Crippen LogP contribution in [0.1, 0.15) is 29.0 Å². The van der Waals surface area contributed by atoms with Gasteiger partial charge in [0.1, 0.15) is 0 Å². The highest BCUT2D eigenvalue weighted by Crippen LogP contribution is 2.37. The first-order valence-corrected chi connectivity index (χ1v) is 10.00. The molecule has 5 nitrogen and oxygen atoms in total. The van der Waals surface area contributed by atoms with Crippen molar-refractivity contribution in [2.45, 2.75) is 25.8 Å². The Kier molecular flexibility index (Phi) is 6.51. The maximum atomic E-state index is 12.2. The first-order valence-electron chi connectivity index (χ1n) is 9.01. The molecule has 3 rings (SSSR count). The molecule has 0 aliphatic carbocycles. The molecule has 1 heterocycles. The topological polar surface area (TPSA) is 82.0 Å². The van der Waals surface area contributed by atoms with E-state index in [1.807, 2.05) is 61.5 Å². The summed E-state index contributed by atoms with van der Waals surface area (Å²) in [6, 6.07) is 19.7. The number of nitrogens with zero attached hydrogens (tertiary/aromatic N) is 1. The van der Waals surface area contributed by atoms with E-state index in [1.54, 1.807) is 0 Å². The average molecular weight is 391 g/mol. The Labute approximate surface area is 168 Å². The van der Waals surface area contributed by atoms with Crippen molar-refractivity contribution >= 4 is 23.6 Å². The SMILES string of the molecule is Cc1ccccc1C1CC(=O)NC(SCC(=O)NCc2ccccc2)=C1C#N. The molecule has 2 aromatic carbocycles. The van der Waals surface area contributed by atoms with E-state index in [9.17, 15) is 14.9 Å². The van der Waals surface area contributed by atoms with Gasteiger partial charge in [0.05, 0.1) is 22.4 Å². The van der Waals surface area contributed by atoms with Gasteiger partial charge < -0.3 is 10.6 Å². The number of thioether (sulfide) groups is 1. The normalized spacial score (nSPS) is 16.3. The molecule has 1 aliphatic rings. The zero-order valence-corrected chi connectivity index (χ0v) is 16.4. The monoisotopic (exact) mass is 391 g/mol. The minimum Gasteiger partial charge on any atom is -0.351 e. The van der Waals surface area contributed by atoms with Crippen LogP contribution in [0.15, 0.2) is 65.2 Å². The first-order chi connectivity index (χ1) is 13.6. The second-order valence-corrected chi connectivity index (χ2v) is 7.55. The summed E-state index contributed by atoms with van der Waals surface area (Å²) in [4.78, 5) is 24.4. The predicted octanol–water partition coefficient (Wildman–Crippen LogP) is 3.38. The van der Waals surface area contributed by atoms with Gasteiger partial charge in [0, 0.05) is 18.9 Å². The Morgan fingerprint density at radius 2 is 1.93 bits per heavy atom. The van der Waals surface area contributed by atoms with E-state index in [4.69, 9.17) is 0 Å². The first kappa shape index (κ1) is 19.7. The van der Waals surface area contributed by atoms with Gasteiger partial charge in [-0.1, -0.05) is 66.4 Å². The smallest absolute Gasteiger partial charge is 0.230 e. The molecule has 2 amide bonds. The molecule has 6 heteroatoms. The summed E-state index contributed by atoms with van der Waals surface area (Å²) in [5.74, 6) is -0.436. The lowest BCUT2D eigenvalue weighted by Crippen LogP contribution is -2.32. The van der Waals surface area contributed by atoms with Gasteiger partial charge >= 0.3 is 0 Å². The average Bonchev–Trinajstić information content (AvgIpc) is 2.71. The molecule has 0 bridgehead atoms. The lowest BCUT2D eigenvalue weighted by Gasteiger charge is -2.26. The van der Waals surface area contributed by atoms with Gasteiger partial charge in [0.2, 0.25) is 11.8 Å². The number of aryl methyl sites for hydroxylation is 1. The fourth-order valence-electron chi connectivity index (χ4n) is 3.16. The molecule has 1 atom stereocenters. The predicted molar refractivity (Wildman–Crippen MR) is 110 cm³/mol. The summed E-state index contributed by atoms with van der Waals surface area (Å²) >= 11 is 1.19. The van der Waals surface area contributed by atoms with E-state index in [0.717, 1.165) is 16.7 Å². The Bertz CT molecular complexity index is 948. The number of nitrogens with one attached hydrogen (secondary N) is 2. The van der Waals surface area contributed by atoms with Crippen LogP contribution < -0.4 is 10.6 Å². The lowest BCUT2D eigenvalue weighted by atomic mass is 9.85. The van der Waals surface area contributed by atoms with Gasteiger partial charge in [-0.05, 0) is 23.6 Å². The second-order valence-electron chi connectivity index (χ2n) is 6.57. The molecule has 0 saturated heterocycles. The molecular formula is C22H21N3O2S. The van der Waals surface area contributed by atoms with E-state index in [1.165, 1.54) is 11.8 Å². The van der Waals surface area contributed by atoms with Crippen molar-refractivity contribution in [3.8, 4) is 6.07 Å². The molecular weight excluding hydrogens is 370 g/mol. The largest absolute Gasteiger partial charge is 0.351 e. The van der Waals surface area contributed by atoms with Crippen LogP contribution in [0.2, 0.25) is 0 Å². The van der Waals surface area contributed by atoms with E-state index < -0.39 is 0 Å². The van der Waals surface area contributed by atoms with Crippen LogP contribution >= 0.6 is 11.8 Å². The number of benzene rings is 2. The molecule has 142 valence electrons. The van der Waals surface area contributed by atoms with E-state index in [-0.39, 0.29) is 29.9 Å². The van der Waals surface area contributed by atoms with Crippen LogP contribution in [0.4, 0.5) is 0 Å². The zero-order chi connectivity index (χ0) is 19.9. The number of hydrogen-bond acceptors (Lipinski definition) is 4. The summed E-state index contributed by atoms with van der Waals surface area (Å²) < 4.78 is 0. The standard InChI is InChI=1S/C22H21N3O2S/c1-15-7-5-6-10-17(15)18-11-20(26)25-22(19(18)12-23)28-14-21(27)24-13-16-8-3-2-4-9-16/h2-10,18H,11,13-14H2,1H3,(H,24,27)(H,25,26). The maximum Gasteiger partial charge on any atom is 0.230 e. The minimum atomic E-state index is -0.283. The third kappa shape index (κ3) is 4.81. The van der Waals surface area contributed by atoms with E-state index >= 15 is 0 Å². The van der Waals surface area contributed by atoms with Crippen molar-refractivity contribution in [1.29, 1.82) is 5.26 Å². The van der Waals surface area contributed by atoms with Crippen LogP contribution in [-0.2, 0) is 16.1 Å². The number of allylic oxidation sites excluding steroid dienone is 1. The summed E-state index contributed by atoms with van der Waals surface area (Å²) in [6.45, 7) is 2.42. The quantitative estimate of drug-likeness (QED) is 0.791. The zero-order valence-electron chi connectivity index (χ0n) is 15.6. The van der Waals surface area contributed by atoms with Crippen molar-refractivity contribution in [2.75, 3.05) is 5.75 Å². The van der Waals surface area contributed by atoms with Crippen LogP contribution in [0, 0.1) is 18.3 Å². The maximum absolute atomic E-state index is 12.2. The van der Waals surface area contributed by atoms with Crippen molar-refractivity contribution in [3.63, 3.8) is 0 Å². The Morgan fingerprint density at radius 3 is 2.64 bits per heavy atom. The van der Waals surface area contributed by atoms with Crippen molar-refractivity contribution < 1.29 is 9.59 Å². The summed E-state index contributed by atoms with van der Waals surface area (Å²) in [6.07, 6.45) is 0.234. The highest BCUT2D eigenvalue weighted by molar-refractivity contribution is 8.03. The van der Waals surface area contributed by atoms with Crippen LogP contribution in [-0.4, -0.2) is 17.6 Å². The fraction of sp³-hybridized carbons (Fsp3) is 0.227. The third-order valence-electron chi connectivity index (χ3n) is 4.60. The van der Waals surface area contributed by atoms with E-state index in [0.29, 0.717) is 17.1 Å². The minimum absolute atomic E-state index is 0.133. The highest BCUT2D eigenvalue weighted by Gasteiger charge is 2.30. The number of carbonyl (C=O) groups is 2. The van der Waals surface area contributed by atoms with Gasteiger partial charge in [-0.2, -0.15) is 5.26 Å².